The zero-order valence-corrected chi connectivity index (χ0v) is 38.1. The predicted octanol–water partition coefficient (Wildman–Crippen LogP) is 10.7. The van der Waals surface area contributed by atoms with Gasteiger partial charge in [0.05, 0.1) is 45.7 Å². The van der Waals surface area contributed by atoms with Gasteiger partial charge in [-0.15, -0.1) is 0 Å². The average molecular weight is 922 g/mol. The minimum absolute atomic E-state index is 0.117. The summed E-state index contributed by atoms with van der Waals surface area (Å²) < 4.78 is 61.8. The molecule has 346 valence electrons. The normalized spacial score (nSPS) is 27.1. The van der Waals surface area contributed by atoms with E-state index < -0.39 is 66.8 Å². The molecule has 6 aromatic rings. The number of azide groups is 1. The fourth-order valence-electron chi connectivity index (χ4n) is 8.54. The summed E-state index contributed by atoms with van der Waals surface area (Å²) in [6, 6.07) is 56.9. The summed E-state index contributed by atoms with van der Waals surface area (Å²) in [7, 11) is 0. The second kappa shape index (κ2) is 23.6. The van der Waals surface area contributed by atoms with Gasteiger partial charge in [0.2, 0.25) is 0 Å². The van der Waals surface area contributed by atoms with Gasteiger partial charge in [-0.25, -0.2) is 0 Å². The molecule has 3 aliphatic heterocycles. The molecule has 9 rings (SSSR count). The Bertz CT molecular complexity index is 2440. The van der Waals surface area contributed by atoms with E-state index in [4.69, 9.17) is 42.6 Å². The molecule has 0 N–H and O–H groups in total. The summed E-state index contributed by atoms with van der Waals surface area (Å²) in [5, 5.41) is 4.41. The highest BCUT2D eigenvalue weighted by Gasteiger charge is 2.55. The van der Waals surface area contributed by atoms with Crippen LogP contribution in [0.15, 0.2) is 186 Å². The number of ether oxygens (including phenoxy) is 9. The Morgan fingerprint density at radius 3 is 1.67 bits per heavy atom. The van der Waals surface area contributed by atoms with Gasteiger partial charge in [0.25, 0.3) is 0 Å². The van der Waals surface area contributed by atoms with Crippen LogP contribution in [0.3, 0.4) is 0 Å². The van der Waals surface area contributed by atoms with Crippen molar-refractivity contribution in [3.05, 3.63) is 220 Å². The lowest BCUT2D eigenvalue weighted by Crippen LogP contribution is -2.66. The Hall–Kier alpha value is -5.38. The van der Waals surface area contributed by atoms with Gasteiger partial charge in [-0.05, 0) is 46.8 Å². The van der Waals surface area contributed by atoms with E-state index in [0.717, 1.165) is 38.3 Å². The topological polar surface area (TPSA) is 132 Å². The first kappa shape index (κ1) is 46.7. The van der Waals surface area contributed by atoms with Gasteiger partial charge in [-0.1, -0.05) is 186 Å². The monoisotopic (exact) mass is 921 g/mol. The summed E-state index contributed by atoms with van der Waals surface area (Å²) in [5.41, 5.74) is 15.4. The Morgan fingerprint density at radius 1 is 0.582 bits per heavy atom. The smallest absolute Gasteiger partial charge is 0.187 e. The van der Waals surface area contributed by atoms with Crippen LogP contribution in [0.1, 0.15) is 39.7 Å². The summed E-state index contributed by atoms with van der Waals surface area (Å²) in [6.07, 6.45) is -7.04. The van der Waals surface area contributed by atoms with E-state index in [1.165, 1.54) is 11.8 Å². The molecule has 0 radical (unpaired) electrons. The molecule has 3 heterocycles. The van der Waals surface area contributed by atoms with E-state index in [0.29, 0.717) is 6.61 Å². The second-order valence-corrected chi connectivity index (χ2v) is 17.9. The zero-order valence-electron chi connectivity index (χ0n) is 37.3. The highest BCUT2D eigenvalue weighted by molar-refractivity contribution is 7.99. The lowest BCUT2D eigenvalue weighted by molar-refractivity contribution is -0.386. The molecular formula is C54H55N3O9S. The van der Waals surface area contributed by atoms with Crippen molar-refractivity contribution in [2.45, 2.75) is 105 Å². The van der Waals surface area contributed by atoms with Crippen molar-refractivity contribution in [2.24, 2.45) is 5.11 Å². The molecule has 0 aromatic heterocycles. The summed E-state index contributed by atoms with van der Waals surface area (Å²) in [4.78, 5) is 4.31. The first-order chi connectivity index (χ1) is 33.1. The SMILES string of the molecule is Cc1ccc(S[C@H]2O[C@H](COCc3ccccc3)[C@@H](O[C@@H]3O[C@@H]4CO[C@@H](c5ccccc5)O[C@H]4[C@H](OCc4ccccc4)[C@@H]3OCc3ccccc3)[C@H](OCc3ccccc3)[C@H]2N=[N+]=[N-])cc1. The van der Waals surface area contributed by atoms with Crippen molar-refractivity contribution < 1.29 is 42.6 Å². The molecule has 3 saturated heterocycles. The molecule has 3 fully saturated rings. The number of thioether (sulfide) groups is 1. The molecule has 12 nitrogen and oxygen atoms in total. The molecule has 11 atom stereocenters. The number of aryl methyl sites for hydroxylation is 1. The lowest BCUT2D eigenvalue weighted by Gasteiger charge is -2.51. The van der Waals surface area contributed by atoms with Crippen molar-refractivity contribution in [1.82, 2.24) is 0 Å². The van der Waals surface area contributed by atoms with Crippen LogP contribution in [-0.2, 0) is 69.1 Å². The molecule has 0 bridgehead atoms. The average Bonchev–Trinajstić information content (AvgIpc) is 3.38. The second-order valence-electron chi connectivity index (χ2n) is 16.8. The van der Waals surface area contributed by atoms with Crippen LogP contribution in [0.25, 0.3) is 10.4 Å². The highest BCUT2D eigenvalue weighted by Crippen LogP contribution is 2.42. The van der Waals surface area contributed by atoms with Crippen molar-refractivity contribution in [3.8, 4) is 0 Å². The van der Waals surface area contributed by atoms with E-state index >= 15 is 0 Å². The van der Waals surface area contributed by atoms with Crippen LogP contribution in [-0.4, -0.2) is 73.7 Å². The van der Waals surface area contributed by atoms with Crippen LogP contribution < -0.4 is 0 Å². The van der Waals surface area contributed by atoms with E-state index in [1.54, 1.807) is 0 Å². The van der Waals surface area contributed by atoms with Crippen molar-refractivity contribution in [1.29, 1.82) is 0 Å². The third-order valence-corrected chi connectivity index (χ3v) is 13.1. The Morgan fingerprint density at radius 2 is 1.10 bits per heavy atom. The van der Waals surface area contributed by atoms with Gasteiger partial charge in [0, 0.05) is 15.4 Å². The van der Waals surface area contributed by atoms with Gasteiger partial charge in [0.15, 0.2) is 12.6 Å². The van der Waals surface area contributed by atoms with E-state index in [2.05, 4.69) is 10.0 Å². The van der Waals surface area contributed by atoms with E-state index in [9.17, 15) is 5.53 Å². The molecule has 13 heteroatoms. The molecule has 0 spiro atoms. The molecule has 67 heavy (non-hydrogen) atoms. The fourth-order valence-corrected chi connectivity index (χ4v) is 9.64. The maximum atomic E-state index is 10.2. The number of rotatable bonds is 19. The van der Waals surface area contributed by atoms with Crippen LogP contribution >= 0.6 is 11.8 Å². The van der Waals surface area contributed by atoms with E-state index in [1.807, 2.05) is 183 Å². The molecule has 3 aliphatic rings. The number of fused-ring (bicyclic) bond motifs is 1. The lowest BCUT2D eigenvalue weighted by atomic mass is 9.95. The largest absolute Gasteiger partial charge is 0.374 e. The third-order valence-electron chi connectivity index (χ3n) is 12.0. The molecule has 0 amide bonds. The highest BCUT2D eigenvalue weighted by atomic mass is 32.2. The number of hydrogen-bond acceptors (Lipinski definition) is 11. The van der Waals surface area contributed by atoms with Crippen LogP contribution in [0.5, 0.6) is 0 Å². The number of nitrogens with zero attached hydrogens (tertiary/aromatic N) is 3. The standard InChI is InChI=1S/C54H55N3O9S/c1-37-27-29-43(30-28-37)67-54-46(56-57-55)49(59-32-39-19-9-3-10-20-39)47(44(64-54)35-58-31-38-17-7-2-8-18-38)66-53-51(61-34-41-23-13-5-14-24-41)50(60-33-40-21-11-4-12-22-40)48-45(63-53)36-62-52(65-48)42-25-15-6-16-26-42/h2-30,44-54H,31-36H2,1H3/t44-,45-,46-,47-,48-,49-,50+,51+,52-,53+,54-/m1/s1. The summed E-state index contributed by atoms with van der Waals surface area (Å²) in [6.45, 7) is 3.39. The molecule has 0 saturated carbocycles. The first-order valence-electron chi connectivity index (χ1n) is 22.7. The molecule has 0 unspecified atom stereocenters. The number of hydrogen-bond donors (Lipinski definition) is 0. The van der Waals surface area contributed by atoms with Crippen molar-refractivity contribution in [2.75, 3.05) is 13.2 Å². The number of benzene rings is 6. The minimum Gasteiger partial charge on any atom is -0.374 e. The van der Waals surface area contributed by atoms with Gasteiger partial charge in [-0.2, -0.15) is 0 Å². The summed E-state index contributed by atoms with van der Waals surface area (Å²) >= 11 is 1.47. The Kier molecular flexibility index (Phi) is 16.4. The van der Waals surface area contributed by atoms with Gasteiger partial charge in [-0.3, -0.25) is 0 Å². The van der Waals surface area contributed by atoms with Crippen LogP contribution in [0.4, 0.5) is 0 Å². The van der Waals surface area contributed by atoms with Crippen molar-refractivity contribution in [3.63, 3.8) is 0 Å². The first-order valence-corrected chi connectivity index (χ1v) is 23.6. The fraction of sp³-hybridized carbons (Fsp3) is 0.333. The van der Waals surface area contributed by atoms with Gasteiger partial charge in [0.1, 0.15) is 48.1 Å². The van der Waals surface area contributed by atoms with Crippen LogP contribution in [0, 0.1) is 6.92 Å². The Balaban J connectivity index is 1.09. The van der Waals surface area contributed by atoms with Gasteiger partial charge >= 0.3 is 0 Å². The van der Waals surface area contributed by atoms with Crippen LogP contribution in [0.2, 0.25) is 0 Å². The van der Waals surface area contributed by atoms with Gasteiger partial charge < -0.3 is 42.6 Å². The maximum absolute atomic E-state index is 10.2. The van der Waals surface area contributed by atoms with Crippen molar-refractivity contribution >= 4 is 11.8 Å². The minimum atomic E-state index is -1.08. The van der Waals surface area contributed by atoms with E-state index in [-0.39, 0.29) is 33.0 Å². The predicted molar refractivity (Wildman–Crippen MR) is 253 cm³/mol. The summed E-state index contributed by atoms with van der Waals surface area (Å²) in [5.74, 6) is 0. The molecule has 0 aliphatic carbocycles. The molecular weight excluding hydrogens is 867 g/mol. The zero-order chi connectivity index (χ0) is 45.6. The third kappa shape index (κ3) is 12.4. The quantitative estimate of drug-likeness (QED) is 0.0439. The maximum Gasteiger partial charge on any atom is 0.187 e. The Labute approximate surface area is 396 Å². The molecule has 6 aromatic carbocycles.